The highest BCUT2D eigenvalue weighted by Crippen LogP contribution is 2.20. The third-order valence-electron chi connectivity index (χ3n) is 3.51. The zero-order valence-electron chi connectivity index (χ0n) is 11.8. The van der Waals surface area contributed by atoms with Gasteiger partial charge in [0.1, 0.15) is 5.82 Å². The fourth-order valence-electron chi connectivity index (χ4n) is 1.98. The lowest BCUT2D eigenvalue weighted by Crippen LogP contribution is -2.40. The lowest BCUT2D eigenvalue weighted by molar-refractivity contribution is 0.534. The van der Waals surface area contributed by atoms with Gasteiger partial charge in [-0.1, -0.05) is 18.2 Å². The number of rotatable bonds is 7. The summed E-state index contributed by atoms with van der Waals surface area (Å²) in [6.45, 7) is 3.73. The Morgan fingerprint density at radius 2 is 1.95 bits per heavy atom. The van der Waals surface area contributed by atoms with Gasteiger partial charge in [0.25, 0.3) is 0 Å². The van der Waals surface area contributed by atoms with Crippen molar-refractivity contribution in [2.75, 3.05) is 6.54 Å². The molecule has 112 valence electrons. The number of hydrogen-bond donors (Lipinski definition) is 2. The summed E-state index contributed by atoms with van der Waals surface area (Å²) in [5.74, 6) is -0.397. The Morgan fingerprint density at radius 3 is 2.55 bits per heavy atom. The Labute approximate surface area is 119 Å². The van der Waals surface area contributed by atoms with E-state index in [1.807, 2.05) is 0 Å². The van der Waals surface area contributed by atoms with E-state index < -0.39 is 27.1 Å². The summed E-state index contributed by atoms with van der Waals surface area (Å²) in [7, 11) is -3.47. The molecule has 1 aliphatic rings. The molecule has 0 bridgehead atoms. The SMILES string of the molecule is CC(NS(=O)(=O)C(C)CNC1CC1)c1ccccc1F. The van der Waals surface area contributed by atoms with Gasteiger partial charge >= 0.3 is 0 Å². The van der Waals surface area contributed by atoms with E-state index in [0.717, 1.165) is 12.8 Å². The quantitative estimate of drug-likeness (QED) is 0.809. The molecule has 0 aromatic heterocycles. The molecule has 1 aliphatic carbocycles. The van der Waals surface area contributed by atoms with E-state index in [-0.39, 0.29) is 0 Å². The highest BCUT2D eigenvalue weighted by molar-refractivity contribution is 7.90. The first-order valence-corrected chi connectivity index (χ1v) is 8.43. The minimum absolute atomic E-state index is 0.360. The highest BCUT2D eigenvalue weighted by atomic mass is 32.2. The molecule has 1 aromatic rings. The summed E-state index contributed by atoms with van der Waals surface area (Å²) in [6.07, 6.45) is 2.23. The Balaban J connectivity index is 1.97. The Bertz CT molecular complexity index is 558. The van der Waals surface area contributed by atoms with Crippen LogP contribution < -0.4 is 10.0 Å². The molecule has 0 saturated heterocycles. The summed E-state index contributed by atoms with van der Waals surface area (Å²) in [6, 6.07) is 6.10. The van der Waals surface area contributed by atoms with E-state index >= 15 is 0 Å². The number of benzene rings is 1. The molecule has 0 amide bonds. The van der Waals surface area contributed by atoms with Crippen molar-refractivity contribution in [1.82, 2.24) is 10.0 Å². The van der Waals surface area contributed by atoms with E-state index in [9.17, 15) is 12.8 Å². The predicted molar refractivity (Wildman–Crippen MR) is 77.4 cm³/mol. The molecular formula is C14H21FN2O2S. The third-order valence-corrected chi connectivity index (χ3v) is 5.42. The van der Waals surface area contributed by atoms with Crippen LogP contribution in [0.15, 0.2) is 24.3 Å². The van der Waals surface area contributed by atoms with Crippen molar-refractivity contribution in [3.8, 4) is 0 Å². The van der Waals surface area contributed by atoms with E-state index in [4.69, 9.17) is 0 Å². The number of sulfonamides is 1. The maximum absolute atomic E-state index is 13.6. The van der Waals surface area contributed by atoms with Crippen LogP contribution >= 0.6 is 0 Å². The zero-order valence-corrected chi connectivity index (χ0v) is 12.6. The molecule has 0 spiro atoms. The lowest BCUT2D eigenvalue weighted by atomic mass is 10.1. The van der Waals surface area contributed by atoms with Gasteiger partial charge in [-0.15, -0.1) is 0 Å². The molecular weight excluding hydrogens is 279 g/mol. The van der Waals surface area contributed by atoms with Gasteiger partial charge in [0.15, 0.2) is 0 Å². The van der Waals surface area contributed by atoms with Crippen LogP contribution in [0.5, 0.6) is 0 Å². The van der Waals surface area contributed by atoms with E-state index in [1.165, 1.54) is 6.07 Å². The number of halogens is 1. The lowest BCUT2D eigenvalue weighted by Gasteiger charge is -2.19. The van der Waals surface area contributed by atoms with E-state index in [0.29, 0.717) is 18.2 Å². The molecule has 4 nitrogen and oxygen atoms in total. The summed E-state index contributed by atoms with van der Waals surface area (Å²) in [5, 5.41) is 2.65. The second-order valence-electron chi connectivity index (χ2n) is 5.40. The molecule has 0 heterocycles. The largest absolute Gasteiger partial charge is 0.313 e. The maximum atomic E-state index is 13.6. The minimum atomic E-state index is -3.47. The summed E-state index contributed by atoms with van der Waals surface area (Å²) < 4.78 is 40.6. The van der Waals surface area contributed by atoms with Gasteiger partial charge in [-0.2, -0.15) is 0 Å². The monoisotopic (exact) mass is 300 g/mol. The van der Waals surface area contributed by atoms with Crippen LogP contribution in [0, 0.1) is 5.82 Å². The van der Waals surface area contributed by atoms with Crippen LogP contribution in [-0.4, -0.2) is 26.3 Å². The van der Waals surface area contributed by atoms with Crippen molar-refractivity contribution in [3.05, 3.63) is 35.6 Å². The second-order valence-corrected chi connectivity index (χ2v) is 7.53. The fourth-order valence-corrected chi connectivity index (χ4v) is 3.15. The van der Waals surface area contributed by atoms with Crippen LogP contribution in [0.3, 0.4) is 0 Å². The van der Waals surface area contributed by atoms with Crippen LogP contribution in [-0.2, 0) is 10.0 Å². The average molecular weight is 300 g/mol. The predicted octanol–water partition coefficient (Wildman–Crippen LogP) is 1.95. The van der Waals surface area contributed by atoms with Gasteiger partial charge < -0.3 is 5.32 Å². The summed E-state index contributed by atoms with van der Waals surface area (Å²) in [4.78, 5) is 0. The van der Waals surface area contributed by atoms with Gasteiger partial charge in [0, 0.05) is 24.2 Å². The third kappa shape index (κ3) is 4.01. The molecule has 20 heavy (non-hydrogen) atoms. The fraction of sp³-hybridized carbons (Fsp3) is 0.571. The van der Waals surface area contributed by atoms with E-state index in [2.05, 4.69) is 10.0 Å². The normalized spacial score (nSPS) is 18.8. The number of hydrogen-bond acceptors (Lipinski definition) is 3. The molecule has 2 rings (SSSR count). The zero-order chi connectivity index (χ0) is 14.8. The molecule has 6 heteroatoms. The van der Waals surface area contributed by atoms with Gasteiger partial charge in [-0.05, 0) is 32.8 Å². The molecule has 1 fully saturated rings. The van der Waals surface area contributed by atoms with E-state index in [1.54, 1.807) is 32.0 Å². The molecule has 2 unspecified atom stereocenters. The van der Waals surface area contributed by atoms with Crippen molar-refractivity contribution in [2.24, 2.45) is 0 Å². The molecule has 0 aliphatic heterocycles. The van der Waals surface area contributed by atoms with Crippen molar-refractivity contribution >= 4 is 10.0 Å². The molecule has 2 atom stereocenters. The van der Waals surface area contributed by atoms with Gasteiger partial charge in [-0.3, -0.25) is 0 Å². The van der Waals surface area contributed by atoms with Crippen molar-refractivity contribution in [2.45, 2.75) is 44.0 Å². The van der Waals surface area contributed by atoms with Crippen molar-refractivity contribution < 1.29 is 12.8 Å². The Kier molecular flexibility index (Phi) is 4.78. The first kappa shape index (κ1) is 15.4. The topological polar surface area (TPSA) is 58.2 Å². The maximum Gasteiger partial charge on any atom is 0.216 e. The second kappa shape index (κ2) is 6.20. The highest BCUT2D eigenvalue weighted by Gasteiger charge is 2.27. The summed E-state index contributed by atoms with van der Waals surface area (Å²) in [5.41, 5.74) is 0.360. The van der Waals surface area contributed by atoms with Gasteiger partial charge in [0.05, 0.1) is 5.25 Å². The number of nitrogens with one attached hydrogen (secondary N) is 2. The molecule has 1 saturated carbocycles. The van der Waals surface area contributed by atoms with Crippen LogP contribution in [0.4, 0.5) is 4.39 Å². The minimum Gasteiger partial charge on any atom is -0.313 e. The van der Waals surface area contributed by atoms with Gasteiger partial charge in [-0.25, -0.2) is 17.5 Å². The van der Waals surface area contributed by atoms with Crippen LogP contribution in [0.2, 0.25) is 0 Å². The molecule has 2 N–H and O–H groups in total. The standard InChI is InChI=1S/C14H21FN2O2S/c1-10(9-16-12-7-8-12)20(18,19)17-11(2)13-5-3-4-6-14(13)15/h3-6,10-12,16-17H,7-9H2,1-2H3. The summed E-state index contributed by atoms with van der Waals surface area (Å²) >= 11 is 0. The van der Waals surface area contributed by atoms with Crippen molar-refractivity contribution in [1.29, 1.82) is 0 Å². The molecule has 1 aromatic carbocycles. The average Bonchev–Trinajstić information content (AvgIpc) is 3.19. The first-order valence-electron chi connectivity index (χ1n) is 6.89. The first-order chi connectivity index (χ1) is 9.40. The van der Waals surface area contributed by atoms with Crippen LogP contribution in [0.1, 0.15) is 38.3 Å². The smallest absolute Gasteiger partial charge is 0.216 e. The Morgan fingerprint density at radius 1 is 1.30 bits per heavy atom. The van der Waals surface area contributed by atoms with Crippen LogP contribution in [0.25, 0.3) is 0 Å². The van der Waals surface area contributed by atoms with Gasteiger partial charge in [0.2, 0.25) is 10.0 Å². The van der Waals surface area contributed by atoms with Crippen molar-refractivity contribution in [3.63, 3.8) is 0 Å². The Hall–Kier alpha value is -0.980. The molecule has 0 radical (unpaired) electrons.